The number of ketones is 1. The molecule has 0 aromatic heterocycles. The highest BCUT2D eigenvalue weighted by Gasteiger charge is 2.47. The molecule has 0 heterocycles. The van der Waals surface area contributed by atoms with Crippen LogP contribution in [-0.2, 0) is 14.9 Å². The molecule has 0 atom stereocenters. The van der Waals surface area contributed by atoms with Gasteiger partial charge in [0, 0.05) is 5.02 Å². The summed E-state index contributed by atoms with van der Waals surface area (Å²) in [6.07, 6.45) is 2.04. The van der Waals surface area contributed by atoms with Crippen LogP contribution >= 0.6 is 11.6 Å². The molecule has 0 aliphatic heterocycles. The third-order valence-corrected chi connectivity index (χ3v) is 4.77. The molecule has 0 amide bonds. The van der Waals surface area contributed by atoms with E-state index in [0.717, 1.165) is 30.2 Å². The van der Waals surface area contributed by atoms with Gasteiger partial charge < -0.3 is 4.74 Å². The third kappa shape index (κ3) is 3.42. The van der Waals surface area contributed by atoms with Gasteiger partial charge in [-0.1, -0.05) is 30.2 Å². The smallest absolute Gasteiger partial charge is 0.317 e. The Morgan fingerprint density at radius 3 is 2.52 bits per heavy atom. The molecular formula is C19H15ClF2O3. The number of benzene rings is 2. The maximum atomic E-state index is 13.6. The van der Waals surface area contributed by atoms with Crippen LogP contribution in [-0.4, -0.2) is 18.4 Å². The van der Waals surface area contributed by atoms with Crippen LogP contribution in [0, 0.1) is 11.6 Å². The molecule has 1 saturated carbocycles. The Labute approximate surface area is 148 Å². The lowest BCUT2D eigenvalue weighted by Crippen LogP contribution is -2.44. The summed E-state index contributed by atoms with van der Waals surface area (Å²) in [5, 5.41) is 0.509. The van der Waals surface area contributed by atoms with E-state index in [1.54, 1.807) is 24.3 Å². The summed E-state index contributed by atoms with van der Waals surface area (Å²) in [7, 11) is 0. The van der Waals surface area contributed by atoms with Gasteiger partial charge in [-0.15, -0.1) is 0 Å². The van der Waals surface area contributed by atoms with Crippen molar-refractivity contribution >= 4 is 23.4 Å². The van der Waals surface area contributed by atoms with Crippen LogP contribution in [0.5, 0.6) is 0 Å². The van der Waals surface area contributed by atoms with E-state index in [-0.39, 0.29) is 0 Å². The van der Waals surface area contributed by atoms with Crippen LogP contribution in [0.2, 0.25) is 5.02 Å². The molecule has 0 saturated heterocycles. The minimum atomic E-state index is -0.851. The number of ether oxygens (including phenoxy) is 1. The van der Waals surface area contributed by atoms with Crippen molar-refractivity contribution in [3.8, 4) is 0 Å². The third-order valence-electron chi connectivity index (χ3n) is 4.54. The zero-order valence-electron chi connectivity index (χ0n) is 13.2. The molecule has 0 spiro atoms. The van der Waals surface area contributed by atoms with Crippen LogP contribution in [0.4, 0.5) is 8.78 Å². The van der Waals surface area contributed by atoms with Crippen LogP contribution in [0.1, 0.15) is 35.2 Å². The van der Waals surface area contributed by atoms with Gasteiger partial charge in [0.05, 0.1) is 11.0 Å². The van der Waals surface area contributed by atoms with Crippen molar-refractivity contribution in [2.75, 3.05) is 6.61 Å². The molecule has 0 radical (unpaired) electrons. The number of carbonyl (C=O) groups excluding carboxylic acids is 2. The van der Waals surface area contributed by atoms with E-state index in [9.17, 15) is 18.4 Å². The van der Waals surface area contributed by atoms with Crippen molar-refractivity contribution in [1.29, 1.82) is 0 Å². The van der Waals surface area contributed by atoms with Crippen molar-refractivity contribution in [1.82, 2.24) is 0 Å². The zero-order chi connectivity index (χ0) is 18.0. The molecule has 2 aromatic carbocycles. The Bertz CT molecular complexity index is 831. The van der Waals surface area contributed by atoms with Gasteiger partial charge >= 0.3 is 5.97 Å². The number of rotatable bonds is 5. The molecule has 1 aliphatic rings. The number of esters is 1. The lowest BCUT2D eigenvalue weighted by molar-refractivity contribution is -0.153. The Morgan fingerprint density at radius 1 is 1.12 bits per heavy atom. The highest BCUT2D eigenvalue weighted by molar-refractivity contribution is 6.30. The molecule has 130 valence electrons. The first kappa shape index (κ1) is 17.5. The fourth-order valence-electron chi connectivity index (χ4n) is 2.99. The van der Waals surface area contributed by atoms with Crippen molar-refractivity contribution < 1.29 is 23.1 Å². The van der Waals surface area contributed by atoms with Gasteiger partial charge in [-0.3, -0.25) is 9.59 Å². The first-order valence-electron chi connectivity index (χ1n) is 7.84. The lowest BCUT2D eigenvalue weighted by Gasteiger charge is -2.39. The number of hydrogen-bond donors (Lipinski definition) is 0. The van der Waals surface area contributed by atoms with Gasteiger partial charge in [-0.2, -0.15) is 0 Å². The molecular weight excluding hydrogens is 350 g/mol. The highest BCUT2D eigenvalue weighted by Crippen LogP contribution is 2.45. The molecule has 1 fully saturated rings. The van der Waals surface area contributed by atoms with Gasteiger partial charge in [0.1, 0.15) is 11.6 Å². The predicted molar refractivity (Wildman–Crippen MR) is 88.6 cm³/mol. The quantitative estimate of drug-likeness (QED) is 0.581. The largest absolute Gasteiger partial charge is 0.457 e. The number of hydrogen-bond acceptors (Lipinski definition) is 3. The lowest BCUT2D eigenvalue weighted by atomic mass is 9.64. The van der Waals surface area contributed by atoms with Gasteiger partial charge in [0.2, 0.25) is 5.78 Å². The number of halogens is 3. The standard InChI is InChI=1S/C19H15ClF2O3/c20-13-4-1-3-12(9-13)19(7-2-8-19)18(24)25-11-17(23)15-10-14(21)5-6-16(15)22/h1,3-6,9-10H,2,7-8,11H2. The minimum Gasteiger partial charge on any atom is -0.457 e. The number of Topliss-reactive ketones (excluding diaryl/α,β-unsaturated/α-hetero) is 1. The van der Waals surface area contributed by atoms with E-state index in [0.29, 0.717) is 17.9 Å². The van der Waals surface area contributed by atoms with Gasteiger partial charge in [0.15, 0.2) is 6.61 Å². The molecule has 1 aliphatic carbocycles. The first-order chi connectivity index (χ1) is 11.9. The Hall–Kier alpha value is -2.27. The van der Waals surface area contributed by atoms with E-state index in [1.807, 2.05) is 0 Å². The van der Waals surface area contributed by atoms with Crippen molar-refractivity contribution in [2.24, 2.45) is 0 Å². The topological polar surface area (TPSA) is 43.4 Å². The molecule has 25 heavy (non-hydrogen) atoms. The fourth-order valence-corrected chi connectivity index (χ4v) is 3.18. The first-order valence-corrected chi connectivity index (χ1v) is 8.22. The monoisotopic (exact) mass is 364 g/mol. The maximum absolute atomic E-state index is 13.6. The van der Waals surface area contributed by atoms with Gasteiger partial charge in [0.25, 0.3) is 0 Å². The summed E-state index contributed by atoms with van der Waals surface area (Å²) in [4.78, 5) is 24.6. The van der Waals surface area contributed by atoms with Crippen LogP contribution in [0.3, 0.4) is 0 Å². The highest BCUT2D eigenvalue weighted by atomic mass is 35.5. The van der Waals surface area contributed by atoms with Gasteiger partial charge in [-0.25, -0.2) is 8.78 Å². The second-order valence-electron chi connectivity index (χ2n) is 6.07. The van der Waals surface area contributed by atoms with E-state index >= 15 is 0 Å². The minimum absolute atomic E-state index is 0.432. The molecule has 3 nitrogen and oxygen atoms in total. The normalized spacial score (nSPS) is 15.3. The Kier molecular flexibility index (Phi) is 4.86. The zero-order valence-corrected chi connectivity index (χ0v) is 14.0. The second kappa shape index (κ2) is 6.92. The molecule has 0 bridgehead atoms. The van der Waals surface area contributed by atoms with E-state index in [2.05, 4.69) is 0 Å². The summed E-state index contributed by atoms with van der Waals surface area (Å²) in [6.45, 7) is -0.637. The molecule has 0 N–H and O–H groups in total. The summed E-state index contributed by atoms with van der Waals surface area (Å²) >= 11 is 5.99. The van der Waals surface area contributed by atoms with Crippen molar-refractivity contribution in [3.63, 3.8) is 0 Å². The summed E-state index contributed by atoms with van der Waals surface area (Å²) in [5.74, 6) is -2.92. The van der Waals surface area contributed by atoms with Crippen LogP contribution < -0.4 is 0 Å². The van der Waals surface area contributed by atoms with Crippen LogP contribution in [0.25, 0.3) is 0 Å². The van der Waals surface area contributed by atoms with Crippen molar-refractivity contribution in [3.05, 3.63) is 70.2 Å². The predicted octanol–water partition coefficient (Wildman–Crippen LogP) is 4.47. The fraction of sp³-hybridized carbons (Fsp3) is 0.263. The summed E-state index contributed by atoms with van der Waals surface area (Å²) in [6, 6.07) is 9.53. The van der Waals surface area contributed by atoms with E-state index < -0.39 is 41.0 Å². The SMILES string of the molecule is O=C(COC(=O)C1(c2cccc(Cl)c2)CCC1)c1cc(F)ccc1F. The van der Waals surface area contributed by atoms with Gasteiger partial charge in [-0.05, 0) is 48.7 Å². The van der Waals surface area contributed by atoms with Crippen LogP contribution in [0.15, 0.2) is 42.5 Å². The maximum Gasteiger partial charge on any atom is 0.317 e. The molecule has 2 aromatic rings. The summed E-state index contributed by atoms with van der Waals surface area (Å²) in [5.41, 5.74) is -0.523. The molecule has 0 unspecified atom stereocenters. The Balaban J connectivity index is 1.73. The average molecular weight is 365 g/mol. The van der Waals surface area contributed by atoms with Crippen molar-refractivity contribution in [2.45, 2.75) is 24.7 Å². The second-order valence-corrected chi connectivity index (χ2v) is 6.51. The molecule has 3 rings (SSSR count). The number of carbonyl (C=O) groups is 2. The van der Waals surface area contributed by atoms with E-state index in [1.165, 1.54) is 0 Å². The average Bonchev–Trinajstić information content (AvgIpc) is 2.54. The Morgan fingerprint density at radius 2 is 1.88 bits per heavy atom. The van der Waals surface area contributed by atoms with E-state index in [4.69, 9.17) is 16.3 Å². The summed E-state index contributed by atoms with van der Waals surface area (Å²) < 4.78 is 31.9. The molecule has 6 heteroatoms.